The molecular formula is C15H17N3. The fraction of sp³-hybridized carbons (Fsp3) is 0.333. The van der Waals surface area contributed by atoms with E-state index in [0.29, 0.717) is 6.54 Å². The van der Waals surface area contributed by atoms with Crippen LogP contribution in [0.4, 0.5) is 0 Å². The van der Waals surface area contributed by atoms with Gasteiger partial charge in [-0.05, 0) is 25.5 Å². The summed E-state index contributed by atoms with van der Waals surface area (Å²) < 4.78 is 0. The average Bonchev–Trinajstić information content (AvgIpc) is 2.39. The number of nitrogens with zero attached hydrogens (tertiary/aromatic N) is 2. The molecule has 0 saturated carbocycles. The number of pyridine rings is 1. The van der Waals surface area contributed by atoms with Crippen molar-refractivity contribution in [3.05, 3.63) is 42.1 Å². The molecule has 0 spiro atoms. The third-order valence-electron chi connectivity index (χ3n) is 2.90. The van der Waals surface area contributed by atoms with Gasteiger partial charge in [-0.25, -0.2) is 0 Å². The average molecular weight is 239 g/mol. The molecule has 0 fully saturated rings. The lowest BCUT2D eigenvalue weighted by molar-refractivity contribution is 0.445. The van der Waals surface area contributed by atoms with Crippen LogP contribution in [0.3, 0.4) is 0 Å². The summed E-state index contributed by atoms with van der Waals surface area (Å²) in [4.78, 5) is 4.41. The molecule has 0 saturated heterocycles. The van der Waals surface area contributed by atoms with Crippen LogP contribution in [-0.4, -0.2) is 11.5 Å². The number of hydrogen-bond donors (Lipinski definition) is 1. The second-order valence-corrected chi connectivity index (χ2v) is 5.09. The first kappa shape index (κ1) is 12.5. The van der Waals surface area contributed by atoms with Crippen LogP contribution in [0.1, 0.15) is 19.4 Å². The fourth-order valence-electron chi connectivity index (χ4n) is 1.86. The van der Waals surface area contributed by atoms with Crippen LogP contribution >= 0.6 is 0 Å². The largest absolute Gasteiger partial charge is 0.311 e. The van der Waals surface area contributed by atoms with Crippen molar-refractivity contribution >= 4 is 10.9 Å². The first-order valence-corrected chi connectivity index (χ1v) is 6.07. The highest BCUT2D eigenvalue weighted by molar-refractivity contribution is 5.81. The zero-order valence-electron chi connectivity index (χ0n) is 10.8. The van der Waals surface area contributed by atoms with E-state index in [9.17, 15) is 0 Å². The van der Waals surface area contributed by atoms with Crippen LogP contribution in [0.2, 0.25) is 0 Å². The van der Waals surface area contributed by atoms with Crippen molar-refractivity contribution in [1.29, 1.82) is 5.26 Å². The smallest absolute Gasteiger partial charge is 0.0746 e. The monoisotopic (exact) mass is 239 g/mol. The van der Waals surface area contributed by atoms with Crippen LogP contribution in [0.25, 0.3) is 10.9 Å². The molecule has 3 nitrogen and oxygen atoms in total. The Labute approximate surface area is 107 Å². The van der Waals surface area contributed by atoms with Crippen LogP contribution in [0, 0.1) is 16.7 Å². The van der Waals surface area contributed by atoms with Crippen molar-refractivity contribution in [2.75, 3.05) is 6.54 Å². The highest BCUT2D eigenvalue weighted by atomic mass is 14.9. The minimum absolute atomic E-state index is 0.335. The summed E-state index contributed by atoms with van der Waals surface area (Å²) in [5.41, 5.74) is 1.86. The Morgan fingerprint density at radius 3 is 2.83 bits per heavy atom. The van der Waals surface area contributed by atoms with Crippen molar-refractivity contribution in [3.63, 3.8) is 0 Å². The molecule has 1 aromatic carbocycles. The van der Waals surface area contributed by atoms with Gasteiger partial charge in [0.25, 0.3) is 0 Å². The molecule has 3 heteroatoms. The predicted octanol–water partition coefficient (Wildman–Crippen LogP) is 2.87. The van der Waals surface area contributed by atoms with Crippen LogP contribution in [0.5, 0.6) is 0 Å². The number of benzene rings is 1. The number of fused-ring (bicyclic) bond motifs is 1. The lowest BCUT2D eigenvalue weighted by Gasteiger charge is -2.16. The van der Waals surface area contributed by atoms with E-state index in [1.165, 1.54) is 5.56 Å². The minimum atomic E-state index is -0.335. The van der Waals surface area contributed by atoms with Gasteiger partial charge in [0.05, 0.1) is 17.0 Å². The van der Waals surface area contributed by atoms with E-state index in [0.717, 1.165) is 17.4 Å². The topological polar surface area (TPSA) is 48.7 Å². The third-order valence-corrected chi connectivity index (χ3v) is 2.90. The van der Waals surface area contributed by atoms with Crippen LogP contribution in [0.15, 0.2) is 36.5 Å². The molecular weight excluding hydrogens is 222 g/mol. The maximum atomic E-state index is 8.96. The quantitative estimate of drug-likeness (QED) is 0.892. The number of nitrogens with one attached hydrogen (secondary N) is 1. The van der Waals surface area contributed by atoms with E-state index in [1.807, 2.05) is 32.2 Å². The molecule has 0 radical (unpaired) electrons. The van der Waals surface area contributed by atoms with Crippen LogP contribution < -0.4 is 5.32 Å². The summed E-state index contributed by atoms with van der Waals surface area (Å²) in [5.74, 6) is 0. The van der Waals surface area contributed by atoms with Gasteiger partial charge in [0.1, 0.15) is 0 Å². The number of para-hydroxylation sites is 1. The normalized spacial score (nSPS) is 11.4. The summed E-state index contributed by atoms with van der Waals surface area (Å²) in [7, 11) is 0. The summed E-state index contributed by atoms with van der Waals surface area (Å²) in [6, 6.07) is 12.5. The summed E-state index contributed by atoms with van der Waals surface area (Å²) in [6.45, 7) is 5.27. The maximum absolute atomic E-state index is 8.96. The first-order valence-electron chi connectivity index (χ1n) is 6.07. The Bertz CT molecular complexity index is 576. The predicted molar refractivity (Wildman–Crippen MR) is 72.8 cm³/mol. The first-order chi connectivity index (χ1) is 8.62. The zero-order chi connectivity index (χ0) is 13.0. The van der Waals surface area contributed by atoms with E-state index in [4.69, 9.17) is 5.26 Å². The second-order valence-electron chi connectivity index (χ2n) is 5.09. The molecule has 0 bridgehead atoms. The fourth-order valence-corrected chi connectivity index (χ4v) is 1.86. The van der Waals surface area contributed by atoms with Crippen molar-refractivity contribution in [2.24, 2.45) is 5.41 Å². The van der Waals surface area contributed by atoms with Crippen molar-refractivity contribution in [1.82, 2.24) is 10.3 Å². The van der Waals surface area contributed by atoms with Crippen molar-refractivity contribution in [3.8, 4) is 6.07 Å². The van der Waals surface area contributed by atoms with Gasteiger partial charge >= 0.3 is 0 Å². The van der Waals surface area contributed by atoms with Gasteiger partial charge in [0.2, 0.25) is 0 Å². The third kappa shape index (κ3) is 2.85. The van der Waals surface area contributed by atoms with E-state index in [1.54, 1.807) is 0 Å². The lowest BCUT2D eigenvalue weighted by Crippen LogP contribution is -2.27. The molecule has 18 heavy (non-hydrogen) atoms. The van der Waals surface area contributed by atoms with Gasteiger partial charge in [-0.3, -0.25) is 4.98 Å². The highest BCUT2D eigenvalue weighted by Crippen LogP contribution is 2.16. The molecule has 0 aliphatic carbocycles. The SMILES string of the molecule is CC(C)(C#N)CNCc1cccc2cccnc12. The summed E-state index contributed by atoms with van der Waals surface area (Å²) in [5, 5.41) is 13.4. The van der Waals surface area contributed by atoms with E-state index < -0.39 is 0 Å². The van der Waals surface area contributed by atoms with E-state index in [-0.39, 0.29) is 5.41 Å². The number of nitriles is 1. The zero-order valence-corrected chi connectivity index (χ0v) is 10.8. The van der Waals surface area contributed by atoms with Gasteiger partial charge < -0.3 is 5.32 Å². The summed E-state index contributed by atoms with van der Waals surface area (Å²) >= 11 is 0. The second kappa shape index (κ2) is 5.16. The molecule has 92 valence electrons. The molecule has 1 N–H and O–H groups in total. The minimum Gasteiger partial charge on any atom is -0.311 e. The number of rotatable bonds is 4. The molecule has 1 aromatic heterocycles. The Morgan fingerprint density at radius 1 is 1.28 bits per heavy atom. The Hall–Kier alpha value is -1.92. The Balaban J connectivity index is 2.11. The van der Waals surface area contributed by atoms with Gasteiger partial charge in [0, 0.05) is 24.7 Å². The standard InChI is InChI=1S/C15H17N3/c1-15(2,10-16)11-17-9-13-6-3-5-12-7-4-8-18-14(12)13/h3-8,17H,9,11H2,1-2H3. The Morgan fingerprint density at radius 2 is 2.06 bits per heavy atom. The molecule has 0 aliphatic rings. The van der Waals surface area contributed by atoms with E-state index >= 15 is 0 Å². The molecule has 0 atom stereocenters. The lowest BCUT2D eigenvalue weighted by atomic mass is 9.96. The van der Waals surface area contributed by atoms with Gasteiger partial charge in [-0.15, -0.1) is 0 Å². The summed E-state index contributed by atoms with van der Waals surface area (Å²) in [6.07, 6.45) is 1.81. The number of aromatic nitrogens is 1. The molecule has 2 aromatic rings. The highest BCUT2D eigenvalue weighted by Gasteiger charge is 2.15. The molecule has 0 amide bonds. The van der Waals surface area contributed by atoms with Gasteiger partial charge in [0.15, 0.2) is 0 Å². The van der Waals surface area contributed by atoms with E-state index in [2.05, 4.69) is 34.6 Å². The van der Waals surface area contributed by atoms with Gasteiger partial charge in [-0.2, -0.15) is 5.26 Å². The Kier molecular flexibility index (Phi) is 3.59. The van der Waals surface area contributed by atoms with Gasteiger partial charge in [-0.1, -0.05) is 24.3 Å². The molecule has 0 unspecified atom stereocenters. The van der Waals surface area contributed by atoms with Crippen molar-refractivity contribution < 1.29 is 0 Å². The van der Waals surface area contributed by atoms with Crippen molar-refractivity contribution in [2.45, 2.75) is 20.4 Å². The molecule has 2 rings (SSSR count). The molecule has 0 aliphatic heterocycles. The van der Waals surface area contributed by atoms with Crippen LogP contribution in [-0.2, 0) is 6.54 Å². The number of hydrogen-bond acceptors (Lipinski definition) is 3. The molecule has 1 heterocycles. The maximum Gasteiger partial charge on any atom is 0.0746 e.